The van der Waals surface area contributed by atoms with E-state index in [4.69, 9.17) is 35.3 Å². The first-order chi connectivity index (χ1) is 25.7. The molecule has 0 aliphatic carbocycles. The number of hydrogen-bond donors (Lipinski definition) is 2. The number of benzene rings is 4. The highest BCUT2D eigenvalue weighted by atomic mass is 32.5. The number of hydrogen-bond acceptors (Lipinski definition) is 10. The summed E-state index contributed by atoms with van der Waals surface area (Å²) in [7, 11) is 3.19. The van der Waals surface area contributed by atoms with Crippen molar-refractivity contribution in [1.82, 2.24) is 19.5 Å². The van der Waals surface area contributed by atoms with Crippen molar-refractivity contribution in [1.29, 1.82) is 0 Å². The van der Waals surface area contributed by atoms with Crippen LogP contribution in [0.15, 0.2) is 122 Å². The number of imidazole rings is 1. The zero-order chi connectivity index (χ0) is 37.0. The molecule has 3 heterocycles. The number of halogens is 1. The fraction of sp³-hybridized carbons (Fsp3) is 0.211. The van der Waals surface area contributed by atoms with E-state index in [9.17, 15) is 13.9 Å². The highest BCUT2D eigenvalue weighted by Crippen LogP contribution is 2.50. The van der Waals surface area contributed by atoms with Crippen molar-refractivity contribution >= 4 is 41.5 Å². The third kappa shape index (κ3) is 7.70. The summed E-state index contributed by atoms with van der Waals surface area (Å²) in [6.45, 7) is -4.76. The van der Waals surface area contributed by atoms with Crippen LogP contribution in [0.1, 0.15) is 39.7 Å². The lowest BCUT2D eigenvalue weighted by atomic mass is 9.80. The molecule has 2 N–H and O–H groups in total. The van der Waals surface area contributed by atoms with Gasteiger partial charge >= 0.3 is 6.80 Å². The van der Waals surface area contributed by atoms with Gasteiger partial charge < -0.3 is 29.2 Å². The van der Waals surface area contributed by atoms with Gasteiger partial charge in [0.2, 0.25) is 0 Å². The van der Waals surface area contributed by atoms with E-state index in [1.165, 1.54) is 12.7 Å². The average Bonchev–Trinajstić information content (AvgIpc) is 3.80. The third-order valence-electron chi connectivity index (χ3n) is 9.02. The summed E-state index contributed by atoms with van der Waals surface area (Å²) >= 11 is 4.70. The van der Waals surface area contributed by atoms with E-state index in [-0.39, 0.29) is 24.8 Å². The van der Waals surface area contributed by atoms with Gasteiger partial charge in [-0.15, -0.1) is 0 Å². The second-order valence-corrected chi connectivity index (χ2v) is 14.6. The Hall–Kier alpha value is -5.08. The molecule has 0 spiro atoms. The molecule has 15 heteroatoms. The summed E-state index contributed by atoms with van der Waals surface area (Å²) in [4.78, 5) is 36.2. The quantitative estimate of drug-likeness (QED) is 0.0934. The van der Waals surface area contributed by atoms with Crippen molar-refractivity contribution in [2.24, 2.45) is 0 Å². The van der Waals surface area contributed by atoms with Crippen LogP contribution in [-0.2, 0) is 31.4 Å². The topological polar surface area (TPSA) is 139 Å². The predicted molar refractivity (Wildman–Crippen MR) is 199 cm³/mol. The molecule has 1 aliphatic rings. The molecule has 1 unspecified atom stereocenters. The lowest BCUT2D eigenvalue weighted by Gasteiger charge is -2.37. The number of rotatable bonds is 13. The predicted octanol–water partition coefficient (Wildman–Crippen LogP) is 6.96. The number of aromatic nitrogens is 4. The van der Waals surface area contributed by atoms with E-state index in [2.05, 4.69) is 20.3 Å². The van der Waals surface area contributed by atoms with Crippen LogP contribution in [0.2, 0.25) is 0 Å². The number of methoxy groups -OCH3 is 2. The molecule has 7 rings (SSSR count). The van der Waals surface area contributed by atoms with Crippen molar-refractivity contribution in [2.75, 3.05) is 26.1 Å². The molecule has 0 radical (unpaired) electrons. The maximum atomic E-state index is 14.7. The Morgan fingerprint density at radius 1 is 0.906 bits per heavy atom. The first-order valence-electron chi connectivity index (χ1n) is 16.6. The SMILES string of the molecule is COc1ccc(C(OC[C@H]2O[C@@H](n3cnc4c(NC(=O)c5ccccc5)ncnc43)C[C@@H]2OP(O)(F)=S)(c2ccccc2)c2ccc(OC)cc2)cc1. The van der Waals surface area contributed by atoms with Crippen LogP contribution in [0.5, 0.6) is 11.5 Å². The van der Waals surface area contributed by atoms with E-state index in [1.807, 2.05) is 84.9 Å². The minimum Gasteiger partial charge on any atom is -0.497 e. The number of ether oxygens (including phenoxy) is 4. The largest absolute Gasteiger partial charge is 0.497 e. The second-order valence-electron chi connectivity index (χ2n) is 12.1. The first-order valence-corrected chi connectivity index (χ1v) is 19.1. The van der Waals surface area contributed by atoms with Gasteiger partial charge in [0.05, 0.1) is 27.2 Å². The maximum absolute atomic E-state index is 14.7. The Labute approximate surface area is 309 Å². The molecule has 4 aromatic carbocycles. The molecule has 53 heavy (non-hydrogen) atoms. The van der Waals surface area contributed by atoms with Crippen LogP contribution in [0, 0.1) is 0 Å². The monoisotopic (exact) mass is 755 g/mol. The number of carbonyl (C=O) groups excluding carboxylic acids is 1. The Bertz CT molecular complexity index is 2180. The lowest BCUT2D eigenvalue weighted by Crippen LogP contribution is -2.38. The van der Waals surface area contributed by atoms with Gasteiger partial charge in [0, 0.05) is 12.0 Å². The summed E-state index contributed by atoms with van der Waals surface area (Å²) in [6, 6.07) is 33.5. The summed E-state index contributed by atoms with van der Waals surface area (Å²) in [5.74, 6) is 1.16. The lowest BCUT2D eigenvalue weighted by molar-refractivity contribution is -0.0906. The Morgan fingerprint density at radius 3 is 2.08 bits per heavy atom. The van der Waals surface area contributed by atoms with Crippen LogP contribution in [0.3, 0.4) is 0 Å². The van der Waals surface area contributed by atoms with Crippen molar-refractivity contribution in [3.05, 3.63) is 144 Å². The molecule has 2 aromatic heterocycles. The Kier molecular flexibility index (Phi) is 10.6. The number of amides is 1. The van der Waals surface area contributed by atoms with Gasteiger partial charge in [-0.1, -0.05) is 72.8 Å². The van der Waals surface area contributed by atoms with Gasteiger partial charge in [0.25, 0.3) is 5.91 Å². The molecule has 0 bridgehead atoms. The first kappa shape index (κ1) is 36.3. The fourth-order valence-corrected chi connectivity index (χ4v) is 7.39. The second kappa shape index (κ2) is 15.5. The fourth-order valence-electron chi connectivity index (χ4n) is 6.50. The number of nitrogens with one attached hydrogen (secondary N) is 1. The van der Waals surface area contributed by atoms with E-state index in [0.29, 0.717) is 28.2 Å². The molecule has 1 aliphatic heterocycles. The van der Waals surface area contributed by atoms with Crippen LogP contribution in [0.4, 0.5) is 10.0 Å². The highest BCUT2D eigenvalue weighted by Gasteiger charge is 2.44. The van der Waals surface area contributed by atoms with E-state index >= 15 is 0 Å². The normalized spacial score (nSPS) is 18.4. The Morgan fingerprint density at radius 2 is 1.49 bits per heavy atom. The van der Waals surface area contributed by atoms with Gasteiger partial charge in [0.15, 0.2) is 17.0 Å². The minimum absolute atomic E-state index is 0.0709. The van der Waals surface area contributed by atoms with E-state index in [1.54, 1.807) is 43.1 Å². The molecule has 0 saturated carbocycles. The molecule has 272 valence electrons. The van der Waals surface area contributed by atoms with Gasteiger partial charge in [0.1, 0.15) is 41.9 Å². The molecule has 12 nitrogen and oxygen atoms in total. The maximum Gasteiger partial charge on any atom is 0.363 e. The molecule has 1 amide bonds. The molecule has 6 aromatic rings. The summed E-state index contributed by atoms with van der Waals surface area (Å²) in [6.07, 6.45) is 0.148. The van der Waals surface area contributed by atoms with Crippen molar-refractivity contribution in [3.63, 3.8) is 0 Å². The van der Waals surface area contributed by atoms with Gasteiger partial charge in [-0.25, -0.2) is 15.0 Å². The summed E-state index contributed by atoms with van der Waals surface area (Å²) < 4.78 is 46.3. The third-order valence-corrected chi connectivity index (χ3v) is 9.81. The zero-order valence-electron chi connectivity index (χ0n) is 28.6. The van der Waals surface area contributed by atoms with Gasteiger partial charge in [-0.3, -0.25) is 13.9 Å². The zero-order valence-corrected chi connectivity index (χ0v) is 30.3. The summed E-state index contributed by atoms with van der Waals surface area (Å²) in [5, 5.41) is 2.79. The van der Waals surface area contributed by atoms with Crippen LogP contribution >= 0.6 is 6.80 Å². The highest BCUT2D eigenvalue weighted by molar-refractivity contribution is 8.06. The number of carbonyl (C=O) groups is 1. The standard InChI is InChI=1S/C38H35FN5O7PS/c1-47-29-17-13-27(14-18-29)38(26-11-7-4-8-12-26,28-15-19-30(48-2)20-16-28)49-22-32-31(51-52(39,46)53)21-33(50-32)44-24-42-34-35(40-23-41-36(34)44)43-37(45)25-9-5-3-6-10-25/h3-20,23-24,31-33H,21-22H2,1-2H3,(H,46,53)(H,40,41,43,45)/t31-,32+,33+,52?/m0/s1. The number of nitrogens with zero attached hydrogens (tertiary/aromatic N) is 4. The molecule has 1 fully saturated rings. The van der Waals surface area contributed by atoms with E-state index in [0.717, 1.165) is 16.7 Å². The van der Waals surface area contributed by atoms with Crippen LogP contribution in [-0.4, -0.2) is 63.4 Å². The number of fused-ring (bicyclic) bond motifs is 1. The minimum atomic E-state index is -4.64. The number of anilines is 1. The van der Waals surface area contributed by atoms with Crippen LogP contribution < -0.4 is 14.8 Å². The smallest absolute Gasteiger partial charge is 0.363 e. The average molecular weight is 756 g/mol. The van der Waals surface area contributed by atoms with Crippen molar-refractivity contribution < 1.29 is 37.4 Å². The van der Waals surface area contributed by atoms with Gasteiger partial charge in [-0.05, 0) is 64.9 Å². The van der Waals surface area contributed by atoms with Crippen LogP contribution in [0.25, 0.3) is 11.2 Å². The van der Waals surface area contributed by atoms with Crippen molar-refractivity contribution in [2.45, 2.75) is 30.5 Å². The van der Waals surface area contributed by atoms with Gasteiger partial charge in [-0.2, -0.15) is 4.20 Å². The molecular formula is C38H35FN5O7PS. The Balaban J connectivity index is 1.23. The molecular weight excluding hydrogens is 720 g/mol. The summed E-state index contributed by atoms with van der Waals surface area (Å²) in [5.41, 5.74) is 2.28. The van der Waals surface area contributed by atoms with E-state index < -0.39 is 30.8 Å². The molecule has 1 saturated heterocycles. The van der Waals surface area contributed by atoms with Crippen molar-refractivity contribution in [3.8, 4) is 11.5 Å². The molecule has 4 atom stereocenters.